The molecule has 1 aromatic rings. The van der Waals surface area contributed by atoms with Crippen LogP contribution in [-0.2, 0) is 0 Å². The molecule has 0 saturated heterocycles. The Morgan fingerprint density at radius 2 is 2.00 bits per heavy atom. The molecule has 0 radical (unpaired) electrons. The Balaban J connectivity index is 3.01. The molecule has 0 aromatic heterocycles. The van der Waals surface area contributed by atoms with E-state index in [1.54, 1.807) is 23.1 Å². The van der Waals surface area contributed by atoms with E-state index in [4.69, 9.17) is 10.5 Å². The number of amides is 1. The first-order valence-electron chi connectivity index (χ1n) is 7.16. The monoisotopic (exact) mass is 278 g/mol. The normalized spacial score (nSPS) is 12.3. The van der Waals surface area contributed by atoms with Crippen LogP contribution in [0.5, 0.6) is 5.75 Å². The number of carbonyl (C=O) groups excluding carboxylic acids is 1. The number of nitrogens with zero attached hydrogens (tertiary/aromatic N) is 1. The molecule has 1 amide bonds. The molecule has 1 aromatic carbocycles. The molecule has 2 N–H and O–H groups in total. The summed E-state index contributed by atoms with van der Waals surface area (Å²) in [7, 11) is 1.82. The lowest BCUT2D eigenvalue weighted by Gasteiger charge is -2.27. The molecule has 0 fully saturated rings. The Bertz CT molecular complexity index is 458. The van der Waals surface area contributed by atoms with Crippen LogP contribution in [0.4, 0.5) is 5.69 Å². The van der Waals surface area contributed by atoms with Crippen molar-refractivity contribution >= 4 is 11.6 Å². The minimum atomic E-state index is -0.0836. The predicted octanol–water partition coefficient (Wildman–Crippen LogP) is 3.17. The number of nitrogens with two attached hydrogens (primary N) is 1. The Kier molecular flexibility index (Phi) is 5.86. The van der Waals surface area contributed by atoms with Crippen LogP contribution in [0, 0.1) is 5.92 Å². The highest BCUT2D eigenvalue weighted by atomic mass is 16.5. The standard InChI is InChI=1S/C16H26N2O2/c1-6-20-14-9-7-8-13(17)15(14)16(19)18(5)12(4)10-11(2)3/h7-9,11-12H,6,10,17H2,1-5H3. The van der Waals surface area contributed by atoms with Crippen LogP contribution in [0.1, 0.15) is 44.5 Å². The van der Waals surface area contributed by atoms with E-state index in [0.29, 0.717) is 29.5 Å². The second kappa shape index (κ2) is 7.17. The van der Waals surface area contributed by atoms with Crippen LogP contribution < -0.4 is 10.5 Å². The minimum absolute atomic E-state index is 0.0836. The Morgan fingerprint density at radius 3 is 2.55 bits per heavy atom. The van der Waals surface area contributed by atoms with Gasteiger partial charge >= 0.3 is 0 Å². The maximum absolute atomic E-state index is 12.7. The molecule has 1 atom stereocenters. The lowest BCUT2D eigenvalue weighted by Crippen LogP contribution is -2.36. The van der Waals surface area contributed by atoms with E-state index in [9.17, 15) is 4.79 Å². The maximum Gasteiger partial charge on any atom is 0.259 e. The van der Waals surface area contributed by atoms with E-state index in [2.05, 4.69) is 20.8 Å². The quantitative estimate of drug-likeness (QED) is 0.813. The number of carbonyl (C=O) groups is 1. The van der Waals surface area contributed by atoms with Gasteiger partial charge < -0.3 is 15.4 Å². The average molecular weight is 278 g/mol. The fourth-order valence-corrected chi connectivity index (χ4v) is 2.27. The van der Waals surface area contributed by atoms with Crippen molar-refractivity contribution in [3.8, 4) is 5.75 Å². The van der Waals surface area contributed by atoms with E-state index in [1.165, 1.54) is 0 Å². The third-order valence-corrected chi connectivity index (χ3v) is 3.37. The van der Waals surface area contributed by atoms with Crippen molar-refractivity contribution in [3.63, 3.8) is 0 Å². The van der Waals surface area contributed by atoms with Gasteiger partial charge in [-0.3, -0.25) is 4.79 Å². The number of rotatable bonds is 6. The molecule has 0 saturated carbocycles. The molecule has 4 heteroatoms. The summed E-state index contributed by atoms with van der Waals surface area (Å²) >= 11 is 0. The van der Waals surface area contributed by atoms with Gasteiger partial charge in [0.2, 0.25) is 0 Å². The van der Waals surface area contributed by atoms with Crippen molar-refractivity contribution in [2.45, 2.75) is 40.2 Å². The lowest BCUT2D eigenvalue weighted by molar-refractivity contribution is 0.0725. The number of nitrogen functional groups attached to an aromatic ring is 1. The zero-order valence-corrected chi connectivity index (χ0v) is 13.1. The summed E-state index contributed by atoms with van der Waals surface area (Å²) in [5.41, 5.74) is 6.89. The van der Waals surface area contributed by atoms with Crippen LogP contribution in [0.25, 0.3) is 0 Å². The first kappa shape index (κ1) is 16.3. The van der Waals surface area contributed by atoms with Gasteiger partial charge in [0.1, 0.15) is 11.3 Å². The molecule has 0 spiro atoms. The van der Waals surface area contributed by atoms with Crippen molar-refractivity contribution in [1.29, 1.82) is 0 Å². The van der Waals surface area contributed by atoms with E-state index < -0.39 is 0 Å². The summed E-state index contributed by atoms with van der Waals surface area (Å²) in [6.07, 6.45) is 0.957. The highest BCUT2D eigenvalue weighted by molar-refractivity contribution is 6.01. The van der Waals surface area contributed by atoms with Crippen molar-refractivity contribution in [2.75, 3.05) is 19.4 Å². The molecule has 0 bridgehead atoms. The number of benzene rings is 1. The summed E-state index contributed by atoms with van der Waals surface area (Å²) in [6.45, 7) is 8.75. The molecule has 20 heavy (non-hydrogen) atoms. The van der Waals surface area contributed by atoms with E-state index in [0.717, 1.165) is 6.42 Å². The molecule has 112 valence electrons. The van der Waals surface area contributed by atoms with Crippen molar-refractivity contribution in [3.05, 3.63) is 23.8 Å². The topological polar surface area (TPSA) is 55.6 Å². The molecule has 0 aliphatic heterocycles. The van der Waals surface area contributed by atoms with Gasteiger partial charge in [-0.05, 0) is 38.3 Å². The number of hydrogen-bond acceptors (Lipinski definition) is 3. The zero-order chi connectivity index (χ0) is 15.3. The van der Waals surface area contributed by atoms with Crippen molar-refractivity contribution in [2.24, 2.45) is 5.92 Å². The van der Waals surface area contributed by atoms with Crippen LogP contribution in [0.3, 0.4) is 0 Å². The van der Waals surface area contributed by atoms with E-state index in [1.807, 2.05) is 14.0 Å². The van der Waals surface area contributed by atoms with Crippen molar-refractivity contribution in [1.82, 2.24) is 4.90 Å². The summed E-state index contributed by atoms with van der Waals surface area (Å²) in [5, 5.41) is 0. The van der Waals surface area contributed by atoms with Gasteiger partial charge in [0.05, 0.1) is 6.61 Å². The summed E-state index contributed by atoms with van der Waals surface area (Å²) in [5.74, 6) is 1.01. The van der Waals surface area contributed by atoms with Gasteiger partial charge in [-0.2, -0.15) is 0 Å². The van der Waals surface area contributed by atoms with Crippen LogP contribution in [0.15, 0.2) is 18.2 Å². The number of hydrogen-bond donors (Lipinski definition) is 1. The van der Waals surface area contributed by atoms with Crippen LogP contribution in [0.2, 0.25) is 0 Å². The van der Waals surface area contributed by atoms with Gasteiger partial charge in [-0.1, -0.05) is 19.9 Å². The maximum atomic E-state index is 12.7. The third kappa shape index (κ3) is 3.89. The largest absolute Gasteiger partial charge is 0.493 e. The Hall–Kier alpha value is -1.71. The number of anilines is 1. The molecule has 0 aliphatic rings. The SMILES string of the molecule is CCOc1cccc(N)c1C(=O)N(C)C(C)CC(C)C. The lowest BCUT2D eigenvalue weighted by atomic mass is 10.0. The smallest absolute Gasteiger partial charge is 0.259 e. The molecular formula is C16H26N2O2. The molecule has 4 nitrogen and oxygen atoms in total. The third-order valence-electron chi connectivity index (χ3n) is 3.37. The summed E-state index contributed by atoms with van der Waals surface area (Å²) in [4.78, 5) is 14.4. The van der Waals surface area contributed by atoms with Crippen molar-refractivity contribution < 1.29 is 9.53 Å². The Morgan fingerprint density at radius 1 is 1.35 bits per heavy atom. The minimum Gasteiger partial charge on any atom is -0.493 e. The first-order valence-corrected chi connectivity index (χ1v) is 7.16. The second-order valence-corrected chi connectivity index (χ2v) is 5.55. The average Bonchev–Trinajstić information content (AvgIpc) is 2.37. The highest BCUT2D eigenvalue weighted by Crippen LogP contribution is 2.27. The van der Waals surface area contributed by atoms with Gasteiger partial charge in [0.15, 0.2) is 0 Å². The van der Waals surface area contributed by atoms with Gasteiger partial charge in [-0.25, -0.2) is 0 Å². The molecular weight excluding hydrogens is 252 g/mol. The fourth-order valence-electron chi connectivity index (χ4n) is 2.27. The van der Waals surface area contributed by atoms with Crippen LogP contribution >= 0.6 is 0 Å². The predicted molar refractivity (Wildman–Crippen MR) is 83.0 cm³/mol. The number of ether oxygens (including phenoxy) is 1. The first-order chi connectivity index (χ1) is 9.38. The highest BCUT2D eigenvalue weighted by Gasteiger charge is 2.23. The van der Waals surface area contributed by atoms with Gasteiger partial charge in [-0.15, -0.1) is 0 Å². The Labute approximate surface area is 121 Å². The molecule has 1 unspecified atom stereocenters. The van der Waals surface area contributed by atoms with E-state index in [-0.39, 0.29) is 11.9 Å². The van der Waals surface area contributed by atoms with Gasteiger partial charge in [0, 0.05) is 18.8 Å². The summed E-state index contributed by atoms with van der Waals surface area (Å²) < 4.78 is 5.52. The molecule has 1 rings (SSSR count). The van der Waals surface area contributed by atoms with E-state index >= 15 is 0 Å². The molecule has 0 aliphatic carbocycles. The summed E-state index contributed by atoms with van der Waals surface area (Å²) in [6, 6.07) is 5.48. The fraction of sp³-hybridized carbons (Fsp3) is 0.562. The molecule has 0 heterocycles. The zero-order valence-electron chi connectivity index (χ0n) is 13.1. The second-order valence-electron chi connectivity index (χ2n) is 5.55. The van der Waals surface area contributed by atoms with Gasteiger partial charge in [0.25, 0.3) is 5.91 Å². The van der Waals surface area contributed by atoms with Crippen LogP contribution in [-0.4, -0.2) is 30.5 Å².